The molecule has 2 atom stereocenters. The molecule has 5 rings (SSSR count). The third-order valence-corrected chi connectivity index (χ3v) is 6.03. The van der Waals surface area contributed by atoms with E-state index < -0.39 is 5.82 Å². The van der Waals surface area contributed by atoms with Crippen molar-refractivity contribution in [2.45, 2.75) is 31.8 Å². The van der Waals surface area contributed by atoms with Gasteiger partial charge in [0.15, 0.2) is 5.78 Å². The molecule has 0 saturated heterocycles. The van der Waals surface area contributed by atoms with Crippen molar-refractivity contribution in [2.75, 3.05) is 13.6 Å². The van der Waals surface area contributed by atoms with E-state index in [0.717, 1.165) is 17.9 Å². The minimum atomic E-state index is -0.478. The van der Waals surface area contributed by atoms with Gasteiger partial charge < -0.3 is 5.32 Å². The second kappa shape index (κ2) is 8.20. The van der Waals surface area contributed by atoms with Crippen LogP contribution >= 0.6 is 0 Å². The second-order valence-corrected chi connectivity index (χ2v) is 7.96. The Bertz CT molecular complexity index is 1240. The maximum atomic E-state index is 14.3. The fourth-order valence-electron chi connectivity index (χ4n) is 4.56. The number of carbonyl (C=O) groups excluding carboxylic acids is 1. The molecule has 2 aliphatic heterocycles. The largest absolute Gasteiger partial charge is 0.316 e. The second-order valence-electron chi connectivity index (χ2n) is 7.96. The van der Waals surface area contributed by atoms with Gasteiger partial charge in [0.25, 0.3) is 0 Å². The van der Waals surface area contributed by atoms with Crippen LogP contribution in [0.1, 0.15) is 51.6 Å². The number of rotatable bonds is 5. The molecule has 162 valence electrons. The minimum Gasteiger partial charge on any atom is -0.316 e. The maximum Gasteiger partial charge on any atom is 0.185 e. The Labute approximate surface area is 185 Å². The van der Waals surface area contributed by atoms with Gasteiger partial charge >= 0.3 is 0 Å². The van der Waals surface area contributed by atoms with Crippen molar-refractivity contribution in [2.24, 2.45) is 9.98 Å². The molecule has 8 heteroatoms. The summed E-state index contributed by atoms with van der Waals surface area (Å²) in [5.74, 6) is -0.447. The predicted molar refractivity (Wildman–Crippen MR) is 121 cm³/mol. The molecule has 7 nitrogen and oxygen atoms in total. The number of hydrogen-bond acceptors (Lipinski definition) is 6. The normalized spacial score (nSPS) is 19.5. The van der Waals surface area contributed by atoms with Crippen LogP contribution in [0.2, 0.25) is 0 Å². The molecule has 0 saturated carbocycles. The molecule has 3 heterocycles. The zero-order valence-corrected chi connectivity index (χ0v) is 17.9. The van der Waals surface area contributed by atoms with Gasteiger partial charge in [0.05, 0.1) is 17.3 Å². The summed E-state index contributed by atoms with van der Waals surface area (Å²) in [6, 6.07) is 11.0. The third-order valence-electron chi connectivity index (χ3n) is 6.03. The Morgan fingerprint density at radius 3 is 2.78 bits per heavy atom. The quantitative estimate of drug-likeness (QED) is 0.672. The first-order valence-electron chi connectivity index (χ1n) is 10.7. The van der Waals surface area contributed by atoms with Crippen LogP contribution in [0.25, 0.3) is 0 Å². The molecule has 2 aliphatic rings. The summed E-state index contributed by atoms with van der Waals surface area (Å²) in [6.45, 7) is 3.41. The molecule has 32 heavy (non-hydrogen) atoms. The molecule has 0 radical (unpaired) electrons. The smallest absolute Gasteiger partial charge is 0.185 e. The fraction of sp³-hybridized carbons (Fsp3) is 0.292. The average molecular weight is 430 g/mol. The van der Waals surface area contributed by atoms with Crippen LogP contribution in [0.15, 0.2) is 52.7 Å². The Kier molecular flexibility index (Phi) is 5.22. The van der Waals surface area contributed by atoms with Crippen LogP contribution in [0.5, 0.6) is 0 Å². The number of nitrogens with zero attached hydrogens (tertiary/aromatic N) is 5. The molecule has 1 N–H and O–H groups in total. The van der Waals surface area contributed by atoms with Gasteiger partial charge in [-0.1, -0.05) is 24.3 Å². The van der Waals surface area contributed by atoms with Crippen LogP contribution in [0.4, 0.5) is 10.1 Å². The van der Waals surface area contributed by atoms with E-state index >= 15 is 0 Å². The van der Waals surface area contributed by atoms with E-state index in [4.69, 9.17) is 0 Å². The van der Waals surface area contributed by atoms with Crippen LogP contribution in [0.3, 0.4) is 0 Å². The van der Waals surface area contributed by atoms with Gasteiger partial charge in [-0.25, -0.2) is 14.1 Å². The zero-order valence-electron chi connectivity index (χ0n) is 17.9. The number of ketones is 1. The van der Waals surface area contributed by atoms with Gasteiger partial charge in [-0.05, 0) is 31.2 Å². The van der Waals surface area contributed by atoms with Gasteiger partial charge in [-0.15, -0.1) is 0 Å². The van der Waals surface area contributed by atoms with Crippen molar-refractivity contribution in [3.05, 3.63) is 76.6 Å². The van der Waals surface area contributed by atoms with Crippen molar-refractivity contribution >= 4 is 23.4 Å². The van der Waals surface area contributed by atoms with Gasteiger partial charge in [0, 0.05) is 42.4 Å². The summed E-state index contributed by atoms with van der Waals surface area (Å²) >= 11 is 0. The van der Waals surface area contributed by atoms with Crippen molar-refractivity contribution in [1.29, 1.82) is 0 Å². The lowest BCUT2D eigenvalue weighted by molar-refractivity contribution is 0.0999. The van der Waals surface area contributed by atoms with Gasteiger partial charge in [-0.3, -0.25) is 14.8 Å². The SMILES string of the molecule is CCn1ncnc1C1C2=NCC(=O)c3cc(F)cc(c32)N=CC1c1ccc(CNC)cc1. The van der Waals surface area contributed by atoms with E-state index in [1.54, 1.807) is 0 Å². The molecule has 2 aromatic carbocycles. The van der Waals surface area contributed by atoms with E-state index in [-0.39, 0.29) is 24.2 Å². The van der Waals surface area contributed by atoms with Crippen molar-refractivity contribution in [1.82, 2.24) is 20.1 Å². The topological polar surface area (TPSA) is 84.5 Å². The Hall–Kier alpha value is -3.52. The number of benzene rings is 2. The van der Waals surface area contributed by atoms with Crippen molar-refractivity contribution < 1.29 is 9.18 Å². The van der Waals surface area contributed by atoms with Crippen LogP contribution in [0, 0.1) is 5.82 Å². The van der Waals surface area contributed by atoms with E-state index in [1.807, 2.05) is 24.9 Å². The third kappa shape index (κ3) is 3.36. The summed E-state index contributed by atoms with van der Waals surface area (Å²) in [7, 11) is 1.91. The lowest BCUT2D eigenvalue weighted by Crippen LogP contribution is -2.30. The Morgan fingerprint density at radius 1 is 1.22 bits per heavy atom. The van der Waals surface area contributed by atoms with Crippen LogP contribution < -0.4 is 5.32 Å². The molecule has 3 aromatic rings. The number of carbonyl (C=O) groups is 1. The average Bonchev–Trinajstić information content (AvgIpc) is 3.20. The molecule has 0 fully saturated rings. The number of aryl methyl sites for hydroxylation is 1. The highest BCUT2D eigenvalue weighted by molar-refractivity contribution is 6.21. The fourth-order valence-corrected chi connectivity index (χ4v) is 4.56. The number of aliphatic imine (C=N–C) groups is 2. The molecule has 0 aliphatic carbocycles. The Balaban J connectivity index is 1.72. The molecule has 0 amide bonds. The summed E-state index contributed by atoms with van der Waals surface area (Å²) in [4.78, 5) is 26.5. The van der Waals surface area contributed by atoms with E-state index in [1.165, 1.54) is 24.0 Å². The standard InChI is InChI=1S/C24H23FN6O/c1-3-31-24(29-13-30-31)22-18(15-6-4-14(5-7-15)10-26-2)11-27-19-9-16(25)8-17-20(32)12-28-23(22)21(17)19/h4-9,11,13,18,22,26H,3,10,12H2,1-2H3. The maximum absolute atomic E-state index is 14.3. The first-order valence-corrected chi connectivity index (χ1v) is 10.7. The molecular weight excluding hydrogens is 407 g/mol. The lowest BCUT2D eigenvalue weighted by Gasteiger charge is -2.27. The summed E-state index contributed by atoms with van der Waals surface area (Å²) in [5.41, 5.74) is 4.28. The van der Waals surface area contributed by atoms with Gasteiger partial charge in [-0.2, -0.15) is 5.10 Å². The lowest BCUT2D eigenvalue weighted by atomic mass is 9.78. The van der Waals surface area contributed by atoms with E-state index in [2.05, 4.69) is 49.6 Å². The number of nitrogens with one attached hydrogen (secondary N) is 1. The van der Waals surface area contributed by atoms with Crippen LogP contribution in [-0.4, -0.2) is 46.1 Å². The van der Waals surface area contributed by atoms with Crippen LogP contribution in [-0.2, 0) is 13.1 Å². The first kappa shape index (κ1) is 20.4. The number of Topliss-reactive ketones (excluding diaryl/α,β-unsaturated/α-hetero) is 1. The molecule has 2 unspecified atom stereocenters. The molecular formula is C24H23FN6O. The molecule has 1 aromatic heterocycles. The summed E-state index contributed by atoms with van der Waals surface area (Å²) in [5, 5.41) is 7.53. The molecule has 0 bridgehead atoms. The van der Waals surface area contributed by atoms with Gasteiger partial charge in [0.1, 0.15) is 24.5 Å². The highest BCUT2D eigenvalue weighted by Gasteiger charge is 2.39. The zero-order chi connectivity index (χ0) is 22.2. The number of halogens is 1. The van der Waals surface area contributed by atoms with Crippen molar-refractivity contribution in [3.63, 3.8) is 0 Å². The Morgan fingerprint density at radius 2 is 2.03 bits per heavy atom. The number of hydrogen-bond donors (Lipinski definition) is 1. The monoisotopic (exact) mass is 430 g/mol. The minimum absolute atomic E-state index is 0.0180. The first-order chi connectivity index (χ1) is 15.6. The number of aromatic nitrogens is 3. The molecule has 0 spiro atoms. The van der Waals surface area contributed by atoms with E-state index in [0.29, 0.717) is 29.1 Å². The highest BCUT2D eigenvalue weighted by atomic mass is 19.1. The highest BCUT2D eigenvalue weighted by Crippen LogP contribution is 2.42. The van der Waals surface area contributed by atoms with E-state index in [9.17, 15) is 9.18 Å². The summed E-state index contributed by atoms with van der Waals surface area (Å²) < 4.78 is 16.2. The predicted octanol–water partition coefficient (Wildman–Crippen LogP) is 3.43. The van der Waals surface area contributed by atoms with Gasteiger partial charge in [0.2, 0.25) is 0 Å². The summed E-state index contributed by atoms with van der Waals surface area (Å²) in [6.07, 6.45) is 3.36. The van der Waals surface area contributed by atoms with Crippen molar-refractivity contribution in [3.8, 4) is 0 Å².